The monoisotopic (exact) mass is 403 g/mol. The highest BCUT2D eigenvalue weighted by Crippen LogP contribution is 2.30. The minimum Gasteiger partial charge on any atom is -0.494 e. The zero-order valence-corrected chi connectivity index (χ0v) is 15.2. The molecule has 140 valence electrons. The third kappa shape index (κ3) is 3.19. The second-order valence-electron chi connectivity index (χ2n) is 5.74. The van der Waals surface area contributed by atoms with E-state index in [4.69, 9.17) is 4.74 Å². The van der Waals surface area contributed by atoms with Crippen molar-refractivity contribution >= 4 is 19.9 Å². The van der Waals surface area contributed by atoms with Crippen molar-refractivity contribution in [1.82, 2.24) is 4.31 Å². The fourth-order valence-corrected chi connectivity index (χ4v) is 5.95. The zero-order chi connectivity index (χ0) is 19.1. The lowest BCUT2D eigenvalue weighted by atomic mass is 10.3. The second kappa shape index (κ2) is 6.60. The fourth-order valence-electron chi connectivity index (χ4n) is 2.57. The SMILES string of the molecule is COc1ccc(S(=O)(=O)N2CC(S(=O)(=O)c3ccc(F)cc3)C2)cc1F. The van der Waals surface area contributed by atoms with Crippen LogP contribution >= 0.6 is 0 Å². The molecule has 0 saturated carbocycles. The number of halogens is 2. The van der Waals surface area contributed by atoms with Crippen molar-refractivity contribution in [3.05, 3.63) is 54.1 Å². The summed E-state index contributed by atoms with van der Waals surface area (Å²) in [5.41, 5.74) is 0. The van der Waals surface area contributed by atoms with Crippen LogP contribution in [-0.4, -0.2) is 46.6 Å². The van der Waals surface area contributed by atoms with E-state index in [1.807, 2.05) is 0 Å². The minimum atomic E-state index is -4.02. The molecule has 3 rings (SSSR count). The van der Waals surface area contributed by atoms with Gasteiger partial charge in [-0.25, -0.2) is 25.6 Å². The van der Waals surface area contributed by atoms with Gasteiger partial charge in [-0.15, -0.1) is 0 Å². The Kier molecular flexibility index (Phi) is 4.76. The molecule has 0 unspecified atom stereocenters. The van der Waals surface area contributed by atoms with Gasteiger partial charge < -0.3 is 4.74 Å². The number of sulfone groups is 1. The summed E-state index contributed by atoms with van der Waals surface area (Å²) in [6, 6.07) is 7.55. The van der Waals surface area contributed by atoms with Crippen molar-refractivity contribution in [1.29, 1.82) is 0 Å². The van der Waals surface area contributed by atoms with Gasteiger partial charge in [0.2, 0.25) is 10.0 Å². The molecule has 0 radical (unpaired) electrons. The summed E-state index contributed by atoms with van der Waals surface area (Å²) >= 11 is 0. The van der Waals surface area contributed by atoms with Crippen molar-refractivity contribution in [3.8, 4) is 5.75 Å². The van der Waals surface area contributed by atoms with Gasteiger partial charge in [-0.05, 0) is 42.5 Å². The highest BCUT2D eigenvalue weighted by atomic mass is 32.2. The Balaban J connectivity index is 1.78. The number of sulfonamides is 1. The van der Waals surface area contributed by atoms with Crippen LogP contribution < -0.4 is 4.74 Å². The summed E-state index contributed by atoms with van der Waals surface area (Å²) < 4.78 is 82.3. The quantitative estimate of drug-likeness (QED) is 0.712. The van der Waals surface area contributed by atoms with E-state index in [2.05, 4.69) is 0 Å². The average Bonchev–Trinajstić information content (AvgIpc) is 2.53. The molecule has 0 atom stereocenters. The molecule has 26 heavy (non-hydrogen) atoms. The Bertz CT molecular complexity index is 1030. The number of hydrogen-bond donors (Lipinski definition) is 0. The lowest BCUT2D eigenvalue weighted by Gasteiger charge is -2.37. The normalized spacial score (nSPS) is 16.3. The highest BCUT2D eigenvalue weighted by molar-refractivity contribution is 7.92. The molecule has 0 spiro atoms. The molecule has 10 heteroatoms. The van der Waals surface area contributed by atoms with E-state index in [0.29, 0.717) is 0 Å². The maximum Gasteiger partial charge on any atom is 0.243 e. The number of benzene rings is 2. The number of ether oxygens (including phenoxy) is 1. The molecule has 0 aliphatic carbocycles. The molecule has 2 aromatic rings. The van der Waals surface area contributed by atoms with Crippen LogP contribution in [0.4, 0.5) is 8.78 Å². The molecule has 0 amide bonds. The molecule has 1 aliphatic heterocycles. The van der Waals surface area contributed by atoms with Gasteiger partial charge in [-0.2, -0.15) is 4.31 Å². The summed E-state index contributed by atoms with van der Waals surface area (Å²) in [7, 11) is -6.54. The predicted octanol–water partition coefficient (Wildman–Crippen LogP) is 1.82. The fraction of sp³-hybridized carbons (Fsp3) is 0.250. The summed E-state index contributed by atoms with van der Waals surface area (Å²) in [4.78, 5) is -0.357. The Morgan fingerprint density at radius 2 is 1.54 bits per heavy atom. The van der Waals surface area contributed by atoms with Gasteiger partial charge in [0, 0.05) is 13.1 Å². The van der Waals surface area contributed by atoms with Crippen molar-refractivity contribution in [2.75, 3.05) is 20.2 Å². The summed E-state index contributed by atoms with van der Waals surface area (Å²) in [6.07, 6.45) is 0. The van der Waals surface area contributed by atoms with Gasteiger partial charge in [0.25, 0.3) is 0 Å². The third-order valence-electron chi connectivity index (χ3n) is 4.16. The Morgan fingerprint density at radius 1 is 0.962 bits per heavy atom. The van der Waals surface area contributed by atoms with Gasteiger partial charge in [-0.1, -0.05) is 0 Å². The third-order valence-corrected chi connectivity index (χ3v) is 8.09. The van der Waals surface area contributed by atoms with E-state index in [9.17, 15) is 25.6 Å². The lowest BCUT2D eigenvalue weighted by molar-refractivity contribution is 0.309. The Hall–Kier alpha value is -2.04. The maximum atomic E-state index is 13.8. The predicted molar refractivity (Wildman–Crippen MR) is 89.1 cm³/mol. The summed E-state index contributed by atoms with van der Waals surface area (Å²) in [5.74, 6) is -1.49. The standard InChI is InChI=1S/C16H15F2NO5S2/c1-24-16-7-6-13(8-15(16)18)26(22,23)19-9-14(10-19)25(20,21)12-4-2-11(17)3-5-12/h2-8,14H,9-10H2,1H3. The maximum absolute atomic E-state index is 13.8. The molecule has 1 fully saturated rings. The minimum absolute atomic E-state index is 0.0727. The van der Waals surface area contributed by atoms with Crippen molar-refractivity contribution in [2.45, 2.75) is 15.0 Å². The van der Waals surface area contributed by atoms with E-state index >= 15 is 0 Å². The number of methoxy groups -OCH3 is 1. The van der Waals surface area contributed by atoms with Crippen LogP contribution in [0.3, 0.4) is 0 Å². The topological polar surface area (TPSA) is 80.8 Å². The zero-order valence-electron chi connectivity index (χ0n) is 13.6. The van der Waals surface area contributed by atoms with Crippen LogP contribution in [-0.2, 0) is 19.9 Å². The van der Waals surface area contributed by atoms with Crippen LogP contribution in [0.2, 0.25) is 0 Å². The molecule has 1 saturated heterocycles. The van der Waals surface area contributed by atoms with Crippen molar-refractivity contribution in [2.24, 2.45) is 0 Å². The van der Waals surface area contributed by atoms with E-state index in [1.165, 1.54) is 19.2 Å². The van der Waals surface area contributed by atoms with Gasteiger partial charge in [0.15, 0.2) is 21.4 Å². The van der Waals surface area contributed by atoms with Crippen molar-refractivity contribution in [3.63, 3.8) is 0 Å². The van der Waals surface area contributed by atoms with Gasteiger partial charge in [-0.3, -0.25) is 0 Å². The molecular weight excluding hydrogens is 388 g/mol. The van der Waals surface area contributed by atoms with Crippen LogP contribution in [0.1, 0.15) is 0 Å². The molecule has 0 bridgehead atoms. The van der Waals surface area contributed by atoms with E-state index in [0.717, 1.165) is 34.6 Å². The number of hydrogen-bond acceptors (Lipinski definition) is 5. The summed E-state index contributed by atoms with van der Waals surface area (Å²) in [6.45, 7) is -0.509. The smallest absolute Gasteiger partial charge is 0.243 e. The Labute approximate surface area is 150 Å². The van der Waals surface area contributed by atoms with Crippen LogP contribution in [0, 0.1) is 11.6 Å². The molecule has 2 aromatic carbocycles. The van der Waals surface area contributed by atoms with E-state index in [-0.39, 0.29) is 28.6 Å². The van der Waals surface area contributed by atoms with Crippen LogP contribution in [0.15, 0.2) is 52.3 Å². The van der Waals surface area contributed by atoms with E-state index in [1.54, 1.807) is 0 Å². The van der Waals surface area contributed by atoms with E-state index < -0.39 is 36.7 Å². The molecule has 0 N–H and O–H groups in total. The average molecular weight is 403 g/mol. The van der Waals surface area contributed by atoms with Crippen LogP contribution in [0.5, 0.6) is 5.75 Å². The molecule has 6 nitrogen and oxygen atoms in total. The largest absolute Gasteiger partial charge is 0.494 e. The first kappa shape index (κ1) is 18.7. The first-order chi connectivity index (χ1) is 12.2. The first-order valence-corrected chi connectivity index (χ1v) is 10.5. The second-order valence-corrected chi connectivity index (χ2v) is 9.91. The van der Waals surface area contributed by atoms with Crippen molar-refractivity contribution < 1.29 is 30.4 Å². The van der Waals surface area contributed by atoms with Gasteiger partial charge in [0.1, 0.15) is 5.82 Å². The van der Waals surface area contributed by atoms with Gasteiger partial charge >= 0.3 is 0 Å². The summed E-state index contributed by atoms with van der Waals surface area (Å²) in [5, 5.41) is -0.939. The molecule has 1 heterocycles. The van der Waals surface area contributed by atoms with Crippen LogP contribution in [0.25, 0.3) is 0 Å². The molecular formula is C16H15F2NO5S2. The van der Waals surface area contributed by atoms with Gasteiger partial charge in [0.05, 0.1) is 22.2 Å². The first-order valence-electron chi connectivity index (χ1n) is 7.49. The molecule has 0 aromatic heterocycles. The molecule has 1 aliphatic rings. The highest BCUT2D eigenvalue weighted by Gasteiger charge is 2.44. The number of rotatable bonds is 5. The number of nitrogens with zero attached hydrogens (tertiary/aromatic N) is 1. The lowest BCUT2D eigenvalue weighted by Crippen LogP contribution is -2.56. The Morgan fingerprint density at radius 3 is 2.08 bits per heavy atom.